The van der Waals surface area contributed by atoms with Crippen molar-refractivity contribution in [2.45, 2.75) is 24.1 Å². The van der Waals surface area contributed by atoms with Crippen LogP contribution in [0.15, 0.2) is 53.4 Å². The van der Waals surface area contributed by atoms with Crippen molar-refractivity contribution in [1.82, 2.24) is 5.32 Å². The summed E-state index contributed by atoms with van der Waals surface area (Å²) in [6, 6.07) is 9.39. The van der Waals surface area contributed by atoms with Gasteiger partial charge in [0.05, 0.1) is 16.1 Å². The van der Waals surface area contributed by atoms with E-state index >= 15 is 0 Å². The zero-order valence-electron chi connectivity index (χ0n) is 15.4. The summed E-state index contributed by atoms with van der Waals surface area (Å²) in [5.41, 5.74) is -0.407. The molecule has 2 aromatic carbocycles. The molecule has 30 heavy (non-hydrogen) atoms. The van der Waals surface area contributed by atoms with Crippen LogP contribution in [0.3, 0.4) is 0 Å². The highest BCUT2D eigenvalue weighted by atomic mass is 32.2. The van der Waals surface area contributed by atoms with Gasteiger partial charge in [-0.1, -0.05) is 12.1 Å². The van der Waals surface area contributed by atoms with Gasteiger partial charge in [-0.2, -0.15) is 13.2 Å². The summed E-state index contributed by atoms with van der Waals surface area (Å²) in [4.78, 5) is 23.3. The van der Waals surface area contributed by atoms with Gasteiger partial charge in [0, 0.05) is 0 Å². The number of benzene rings is 2. The van der Waals surface area contributed by atoms with E-state index in [1.165, 1.54) is 18.2 Å². The van der Waals surface area contributed by atoms with Gasteiger partial charge in [0.25, 0.3) is 15.9 Å². The molecule has 1 amide bonds. The van der Waals surface area contributed by atoms with Gasteiger partial charge in [-0.3, -0.25) is 9.52 Å². The molecular weight excluding hydrogens is 432 g/mol. The van der Waals surface area contributed by atoms with E-state index in [4.69, 9.17) is 4.74 Å². The van der Waals surface area contributed by atoms with Crippen LogP contribution in [0.1, 0.15) is 17.3 Å². The van der Waals surface area contributed by atoms with Crippen molar-refractivity contribution in [1.29, 1.82) is 0 Å². The summed E-state index contributed by atoms with van der Waals surface area (Å²) in [7, 11) is -4.15. The molecule has 12 heteroatoms. The van der Waals surface area contributed by atoms with E-state index < -0.39 is 46.5 Å². The van der Waals surface area contributed by atoms with Gasteiger partial charge in [0.1, 0.15) is 12.4 Å². The predicted molar refractivity (Wildman–Crippen MR) is 97.6 cm³/mol. The first-order valence-corrected chi connectivity index (χ1v) is 9.80. The van der Waals surface area contributed by atoms with Crippen LogP contribution in [0.25, 0.3) is 0 Å². The number of rotatable bonds is 7. The summed E-state index contributed by atoms with van der Waals surface area (Å²) in [6.07, 6.45) is -6.12. The minimum absolute atomic E-state index is 0.143. The second-order valence-electron chi connectivity index (χ2n) is 5.99. The lowest BCUT2D eigenvalue weighted by molar-refractivity contribution is -0.143. The molecule has 0 unspecified atom stereocenters. The molecule has 0 fully saturated rings. The fourth-order valence-electron chi connectivity index (χ4n) is 2.13. The second-order valence-corrected chi connectivity index (χ2v) is 7.67. The molecule has 0 aliphatic carbocycles. The number of carbonyl (C=O) groups excluding carboxylic acids is 2. The van der Waals surface area contributed by atoms with Crippen LogP contribution in [0.2, 0.25) is 0 Å². The van der Waals surface area contributed by atoms with Gasteiger partial charge in [-0.05, 0) is 43.3 Å². The van der Waals surface area contributed by atoms with E-state index in [9.17, 15) is 35.6 Å². The third-order valence-electron chi connectivity index (χ3n) is 3.63. The molecule has 1 atom stereocenters. The average Bonchev–Trinajstić information content (AvgIpc) is 2.67. The number of sulfonamides is 1. The van der Waals surface area contributed by atoms with Crippen LogP contribution >= 0.6 is 0 Å². The average molecular weight is 448 g/mol. The van der Waals surface area contributed by atoms with Crippen LogP contribution < -0.4 is 10.0 Å². The van der Waals surface area contributed by atoms with E-state index in [0.717, 1.165) is 37.3 Å². The van der Waals surface area contributed by atoms with Crippen molar-refractivity contribution in [3.63, 3.8) is 0 Å². The monoisotopic (exact) mass is 448 g/mol. The number of hydrogen-bond acceptors (Lipinski definition) is 5. The van der Waals surface area contributed by atoms with Crippen molar-refractivity contribution in [3.8, 4) is 0 Å². The molecule has 0 aliphatic heterocycles. The van der Waals surface area contributed by atoms with Crippen LogP contribution in [-0.4, -0.2) is 39.1 Å². The normalized spacial score (nSPS) is 12.7. The highest BCUT2D eigenvalue weighted by molar-refractivity contribution is 7.92. The van der Waals surface area contributed by atoms with E-state index in [0.29, 0.717) is 0 Å². The number of para-hydroxylation sites is 1. The second kappa shape index (κ2) is 9.11. The van der Waals surface area contributed by atoms with Gasteiger partial charge in [-0.15, -0.1) is 0 Å². The lowest BCUT2D eigenvalue weighted by Crippen LogP contribution is -2.40. The maximum Gasteiger partial charge on any atom is 0.405 e. The Kier molecular flexibility index (Phi) is 7.03. The molecule has 162 valence electrons. The molecular formula is C18H16F4N2O5S. The van der Waals surface area contributed by atoms with Crippen LogP contribution in [-0.2, 0) is 19.6 Å². The largest absolute Gasteiger partial charge is 0.449 e. The van der Waals surface area contributed by atoms with Gasteiger partial charge in [-0.25, -0.2) is 17.6 Å². The Bertz CT molecular complexity index is 1020. The summed E-state index contributed by atoms with van der Waals surface area (Å²) in [5, 5.41) is 1.58. The van der Waals surface area contributed by atoms with Crippen LogP contribution in [0.5, 0.6) is 0 Å². The van der Waals surface area contributed by atoms with E-state index in [2.05, 4.69) is 4.72 Å². The zero-order valence-corrected chi connectivity index (χ0v) is 16.2. The molecule has 0 saturated heterocycles. The van der Waals surface area contributed by atoms with Gasteiger partial charge in [0.2, 0.25) is 0 Å². The molecule has 0 aromatic heterocycles. The molecule has 2 aromatic rings. The number of anilines is 1. The first-order valence-electron chi connectivity index (χ1n) is 8.32. The Hall–Kier alpha value is -3.15. The molecule has 0 bridgehead atoms. The minimum Gasteiger partial charge on any atom is -0.449 e. The first kappa shape index (κ1) is 23.1. The standard InChI is InChI=1S/C18H16F4N2O5S/c1-11(16(25)23-10-18(20,21)22)29-17(26)12-6-8-13(9-7-12)30(27,28)24-15-5-3-2-4-14(15)19/h2-9,11,24H,10H2,1H3,(H,23,25)/t11-/m1/s1. The van der Waals surface area contributed by atoms with E-state index in [1.807, 2.05) is 0 Å². The Morgan fingerprint density at radius 1 is 1.07 bits per heavy atom. The predicted octanol–water partition coefficient (Wildman–Crippen LogP) is 2.85. The van der Waals surface area contributed by atoms with E-state index in [1.54, 1.807) is 5.32 Å². The highest BCUT2D eigenvalue weighted by Gasteiger charge is 2.29. The number of nitrogens with one attached hydrogen (secondary N) is 2. The minimum atomic E-state index is -4.61. The quantitative estimate of drug-likeness (QED) is 0.501. The SMILES string of the molecule is C[C@@H](OC(=O)c1ccc(S(=O)(=O)Nc2ccccc2F)cc1)C(=O)NCC(F)(F)F. The number of halogens is 4. The Morgan fingerprint density at radius 3 is 2.23 bits per heavy atom. The first-order chi connectivity index (χ1) is 13.9. The fraction of sp³-hybridized carbons (Fsp3) is 0.222. The third-order valence-corrected chi connectivity index (χ3v) is 5.02. The Morgan fingerprint density at radius 2 is 1.67 bits per heavy atom. The molecule has 0 spiro atoms. The van der Waals surface area contributed by atoms with Crippen molar-refractivity contribution in [2.24, 2.45) is 0 Å². The zero-order chi connectivity index (χ0) is 22.5. The van der Waals surface area contributed by atoms with Crippen LogP contribution in [0, 0.1) is 5.82 Å². The highest BCUT2D eigenvalue weighted by Crippen LogP contribution is 2.19. The number of hydrogen-bond donors (Lipinski definition) is 2. The summed E-state index contributed by atoms with van der Waals surface area (Å²) in [5.74, 6) is -2.97. The lowest BCUT2D eigenvalue weighted by atomic mass is 10.2. The molecule has 2 rings (SSSR count). The molecule has 0 heterocycles. The topological polar surface area (TPSA) is 102 Å². The Balaban J connectivity index is 2.03. The number of alkyl halides is 3. The smallest absolute Gasteiger partial charge is 0.405 e. The number of carbonyl (C=O) groups is 2. The van der Waals surface area contributed by atoms with Gasteiger partial charge >= 0.3 is 12.1 Å². The maximum absolute atomic E-state index is 13.6. The molecule has 0 saturated carbocycles. The summed E-state index contributed by atoms with van der Waals surface area (Å²) < 4.78 is 81.4. The van der Waals surface area contributed by atoms with E-state index in [-0.39, 0.29) is 16.1 Å². The van der Waals surface area contributed by atoms with Gasteiger partial charge < -0.3 is 10.1 Å². The Labute approximate surface area is 169 Å². The fourth-order valence-corrected chi connectivity index (χ4v) is 3.20. The van der Waals surface area contributed by atoms with Crippen molar-refractivity contribution < 1.29 is 40.3 Å². The lowest BCUT2D eigenvalue weighted by Gasteiger charge is -2.14. The van der Waals surface area contributed by atoms with Gasteiger partial charge in [0.15, 0.2) is 6.10 Å². The van der Waals surface area contributed by atoms with Crippen molar-refractivity contribution in [2.75, 3.05) is 11.3 Å². The molecule has 0 radical (unpaired) electrons. The third kappa shape index (κ3) is 6.44. The molecule has 2 N–H and O–H groups in total. The molecule has 7 nitrogen and oxygen atoms in total. The van der Waals surface area contributed by atoms with Crippen LogP contribution in [0.4, 0.5) is 23.2 Å². The maximum atomic E-state index is 13.6. The molecule has 0 aliphatic rings. The number of esters is 1. The van der Waals surface area contributed by atoms with Crippen molar-refractivity contribution in [3.05, 3.63) is 59.9 Å². The van der Waals surface area contributed by atoms with Crippen molar-refractivity contribution >= 4 is 27.6 Å². The number of ether oxygens (including phenoxy) is 1. The summed E-state index contributed by atoms with van der Waals surface area (Å²) in [6.45, 7) is -0.490. The summed E-state index contributed by atoms with van der Waals surface area (Å²) >= 11 is 0. The number of amides is 1.